The van der Waals surface area contributed by atoms with Gasteiger partial charge in [0.25, 0.3) is 0 Å². The minimum absolute atomic E-state index is 0.143. The standard InChI is InChI=1S/C11H14N2O4/c1-17-7-13-11(16)12-6-8-2-4-9(5-3-8)10(14)15/h2-5H,6-7H2,1H3,(H,14,15)(H2,12,13,16). The zero-order valence-corrected chi connectivity index (χ0v) is 9.40. The van der Waals surface area contributed by atoms with Crippen molar-refractivity contribution in [3.63, 3.8) is 0 Å². The van der Waals surface area contributed by atoms with Crippen molar-refractivity contribution in [2.45, 2.75) is 6.54 Å². The van der Waals surface area contributed by atoms with E-state index in [4.69, 9.17) is 5.11 Å². The highest BCUT2D eigenvalue weighted by Gasteiger charge is 2.02. The fraction of sp³-hybridized carbons (Fsp3) is 0.273. The Hall–Kier alpha value is -2.08. The summed E-state index contributed by atoms with van der Waals surface area (Å²) in [5.41, 5.74) is 1.04. The molecule has 0 saturated heterocycles. The number of urea groups is 1. The Morgan fingerprint density at radius 2 is 1.88 bits per heavy atom. The Morgan fingerprint density at radius 1 is 1.24 bits per heavy atom. The number of amides is 2. The lowest BCUT2D eigenvalue weighted by Gasteiger charge is -2.06. The highest BCUT2D eigenvalue weighted by atomic mass is 16.5. The van der Waals surface area contributed by atoms with Crippen LogP contribution in [-0.2, 0) is 11.3 Å². The number of nitrogens with one attached hydrogen (secondary N) is 2. The molecule has 0 unspecified atom stereocenters. The first-order valence-corrected chi connectivity index (χ1v) is 4.96. The fourth-order valence-electron chi connectivity index (χ4n) is 1.15. The molecule has 0 atom stereocenters. The zero-order valence-electron chi connectivity index (χ0n) is 9.40. The summed E-state index contributed by atoms with van der Waals surface area (Å²) >= 11 is 0. The van der Waals surface area contributed by atoms with Crippen LogP contribution in [0.2, 0.25) is 0 Å². The van der Waals surface area contributed by atoms with Gasteiger partial charge in [-0.15, -0.1) is 0 Å². The third-order valence-corrected chi connectivity index (χ3v) is 2.03. The van der Waals surface area contributed by atoms with Crippen LogP contribution in [0.25, 0.3) is 0 Å². The maximum absolute atomic E-state index is 11.2. The lowest BCUT2D eigenvalue weighted by Crippen LogP contribution is -2.36. The maximum Gasteiger partial charge on any atom is 0.335 e. The van der Waals surface area contributed by atoms with Crippen molar-refractivity contribution in [2.75, 3.05) is 13.8 Å². The fourth-order valence-corrected chi connectivity index (χ4v) is 1.15. The van der Waals surface area contributed by atoms with E-state index in [9.17, 15) is 9.59 Å². The summed E-state index contributed by atoms with van der Waals surface area (Å²) in [7, 11) is 1.48. The molecule has 1 aromatic carbocycles. The smallest absolute Gasteiger partial charge is 0.335 e. The van der Waals surface area contributed by atoms with Crippen LogP contribution in [0, 0.1) is 0 Å². The zero-order chi connectivity index (χ0) is 12.7. The van der Waals surface area contributed by atoms with Crippen LogP contribution in [0.1, 0.15) is 15.9 Å². The van der Waals surface area contributed by atoms with E-state index < -0.39 is 5.97 Å². The molecule has 0 aliphatic carbocycles. The second-order valence-electron chi connectivity index (χ2n) is 3.29. The van der Waals surface area contributed by atoms with Crippen molar-refractivity contribution >= 4 is 12.0 Å². The van der Waals surface area contributed by atoms with E-state index in [1.54, 1.807) is 12.1 Å². The first-order valence-electron chi connectivity index (χ1n) is 4.96. The summed E-state index contributed by atoms with van der Waals surface area (Å²) in [6, 6.07) is 5.95. The number of methoxy groups -OCH3 is 1. The molecule has 0 aliphatic heterocycles. The van der Waals surface area contributed by atoms with E-state index in [2.05, 4.69) is 15.4 Å². The number of hydrogen-bond donors (Lipinski definition) is 3. The van der Waals surface area contributed by atoms with Crippen molar-refractivity contribution in [3.05, 3.63) is 35.4 Å². The number of ether oxygens (including phenoxy) is 1. The Bertz CT molecular complexity index is 389. The third-order valence-electron chi connectivity index (χ3n) is 2.03. The topological polar surface area (TPSA) is 87.7 Å². The molecule has 92 valence electrons. The summed E-state index contributed by atoms with van der Waals surface area (Å²) in [4.78, 5) is 21.8. The average molecular weight is 238 g/mol. The lowest BCUT2D eigenvalue weighted by atomic mass is 10.1. The largest absolute Gasteiger partial charge is 0.478 e. The van der Waals surface area contributed by atoms with Gasteiger partial charge in [0.1, 0.15) is 6.73 Å². The molecule has 0 saturated carbocycles. The van der Waals surface area contributed by atoms with Crippen molar-refractivity contribution in [1.29, 1.82) is 0 Å². The van der Waals surface area contributed by atoms with E-state index >= 15 is 0 Å². The van der Waals surface area contributed by atoms with Crippen molar-refractivity contribution in [1.82, 2.24) is 10.6 Å². The first kappa shape index (κ1) is 13.0. The molecule has 6 nitrogen and oxygen atoms in total. The van der Waals surface area contributed by atoms with E-state index in [0.717, 1.165) is 5.56 Å². The second-order valence-corrected chi connectivity index (χ2v) is 3.29. The lowest BCUT2D eigenvalue weighted by molar-refractivity contribution is 0.0697. The van der Waals surface area contributed by atoms with Crippen LogP contribution >= 0.6 is 0 Å². The summed E-state index contributed by atoms with van der Waals surface area (Å²) in [6.45, 7) is 0.471. The van der Waals surface area contributed by atoms with Gasteiger partial charge in [-0.2, -0.15) is 0 Å². The molecule has 6 heteroatoms. The van der Waals surface area contributed by atoms with Gasteiger partial charge in [-0.25, -0.2) is 9.59 Å². The highest BCUT2D eigenvalue weighted by Crippen LogP contribution is 2.03. The van der Waals surface area contributed by atoms with Crippen LogP contribution in [0.15, 0.2) is 24.3 Å². The van der Waals surface area contributed by atoms with Crippen molar-refractivity contribution < 1.29 is 19.4 Å². The van der Waals surface area contributed by atoms with Gasteiger partial charge in [0, 0.05) is 13.7 Å². The van der Waals surface area contributed by atoms with Gasteiger partial charge in [0.15, 0.2) is 0 Å². The quantitative estimate of drug-likeness (QED) is 0.662. The van der Waals surface area contributed by atoms with Gasteiger partial charge in [-0.3, -0.25) is 0 Å². The summed E-state index contributed by atoms with van der Waals surface area (Å²) in [5.74, 6) is -0.970. The molecule has 1 aromatic rings. The molecule has 0 radical (unpaired) electrons. The molecular weight excluding hydrogens is 224 g/mol. The molecule has 0 spiro atoms. The van der Waals surface area contributed by atoms with Gasteiger partial charge in [0.2, 0.25) is 0 Å². The minimum Gasteiger partial charge on any atom is -0.478 e. The molecule has 0 aliphatic rings. The van der Waals surface area contributed by atoms with Crippen LogP contribution in [0.4, 0.5) is 4.79 Å². The number of carboxylic acids is 1. The van der Waals surface area contributed by atoms with Gasteiger partial charge < -0.3 is 20.5 Å². The molecule has 0 aromatic heterocycles. The van der Waals surface area contributed by atoms with Crippen LogP contribution in [0.5, 0.6) is 0 Å². The molecule has 0 bridgehead atoms. The highest BCUT2D eigenvalue weighted by molar-refractivity contribution is 5.87. The Balaban J connectivity index is 2.42. The number of rotatable bonds is 5. The van der Waals surface area contributed by atoms with Gasteiger partial charge in [-0.05, 0) is 17.7 Å². The predicted molar refractivity (Wildman–Crippen MR) is 60.6 cm³/mol. The Morgan fingerprint density at radius 3 is 2.41 bits per heavy atom. The number of aromatic carboxylic acids is 1. The van der Waals surface area contributed by atoms with Gasteiger partial charge in [-0.1, -0.05) is 12.1 Å². The first-order chi connectivity index (χ1) is 8.13. The molecule has 3 N–H and O–H groups in total. The van der Waals surface area contributed by atoms with E-state index in [1.807, 2.05) is 0 Å². The summed E-state index contributed by atoms with van der Waals surface area (Å²) < 4.78 is 4.67. The summed E-state index contributed by atoms with van der Waals surface area (Å²) in [5, 5.41) is 13.8. The van der Waals surface area contributed by atoms with Crippen LogP contribution in [-0.4, -0.2) is 30.9 Å². The van der Waals surface area contributed by atoms with Gasteiger partial charge in [0.05, 0.1) is 5.56 Å². The monoisotopic (exact) mass is 238 g/mol. The third kappa shape index (κ3) is 4.52. The normalized spacial score (nSPS) is 9.71. The molecule has 0 heterocycles. The molecule has 1 rings (SSSR count). The second kappa shape index (κ2) is 6.49. The summed E-state index contributed by atoms with van der Waals surface area (Å²) in [6.07, 6.45) is 0. The average Bonchev–Trinajstić information content (AvgIpc) is 2.34. The minimum atomic E-state index is -0.970. The molecule has 2 amide bonds. The number of carbonyl (C=O) groups excluding carboxylic acids is 1. The van der Waals surface area contributed by atoms with Crippen molar-refractivity contribution in [3.8, 4) is 0 Å². The molecule has 17 heavy (non-hydrogen) atoms. The van der Waals surface area contributed by atoms with Crippen LogP contribution < -0.4 is 10.6 Å². The van der Waals surface area contributed by atoms with Crippen molar-refractivity contribution in [2.24, 2.45) is 0 Å². The number of carbonyl (C=O) groups is 2. The Kier molecular flexibility index (Phi) is 4.96. The van der Waals surface area contributed by atoms with E-state index in [0.29, 0.717) is 6.54 Å². The Labute approximate surface area is 98.6 Å². The number of carboxylic acid groups (broad SMARTS) is 1. The SMILES string of the molecule is COCNC(=O)NCc1ccc(C(=O)O)cc1. The van der Waals surface area contributed by atoms with E-state index in [1.165, 1.54) is 19.2 Å². The molecular formula is C11H14N2O4. The number of hydrogen-bond acceptors (Lipinski definition) is 3. The van der Waals surface area contributed by atoms with E-state index in [-0.39, 0.29) is 18.3 Å². The van der Waals surface area contributed by atoms with Gasteiger partial charge >= 0.3 is 12.0 Å². The molecule has 0 fully saturated rings. The van der Waals surface area contributed by atoms with Crippen LogP contribution in [0.3, 0.4) is 0 Å². The predicted octanol–water partition coefficient (Wildman–Crippen LogP) is 0.788. The maximum atomic E-state index is 11.2. The number of benzene rings is 1.